The number of hydrogen-bond donors (Lipinski definition) is 2. The highest BCUT2D eigenvalue weighted by Crippen LogP contribution is 2.35. The third kappa shape index (κ3) is 4.72. The Bertz CT molecular complexity index is 610. The van der Waals surface area contributed by atoms with E-state index in [1.54, 1.807) is 6.20 Å². The minimum atomic E-state index is -0.440. The summed E-state index contributed by atoms with van der Waals surface area (Å²) in [5, 5.41) is 3.45. The highest BCUT2D eigenvalue weighted by atomic mass is 16.5. The number of amides is 1. The van der Waals surface area contributed by atoms with Crippen molar-refractivity contribution in [3.63, 3.8) is 0 Å². The smallest absolute Gasteiger partial charge is 0.252 e. The lowest BCUT2D eigenvalue weighted by Gasteiger charge is -2.31. The van der Waals surface area contributed by atoms with Gasteiger partial charge in [-0.2, -0.15) is 0 Å². The van der Waals surface area contributed by atoms with Crippen LogP contribution in [0.15, 0.2) is 6.20 Å². The van der Waals surface area contributed by atoms with Crippen LogP contribution in [-0.2, 0) is 11.2 Å². The van der Waals surface area contributed by atoms with Gasteiger partial charge < -0.3 is 15.8 Å². The van der Waals surface area contributed by atoms with Gasteiger partial charge in [0.1, 0.15) is 0 Å². The molecule has 1 aromatic rings. The Kier molecular flexibility index (Phi) is 6.46. The number of hydrogen-bond acceptors (Lipinski definition) is 5. The Morgan fingerprint density at radius 3 is 2.62 bits per heavy atom. The van der Waals surface area contributed by atoms with Crippen molar-refractivity contribution >= 4 is 11.9 Å². The first-order valence-electron chi connectivity index (χ1n) is 10.1. The van der Waals surface area contributed by atoms with E-state index in [0.717, 1.165) is 50.3 Å². The van der Waals surface area contributed by atoms with Crippen LogP contribution in [0.4, 0.5) is 5.95 Å². The standard InChI is InChI=1S/C20H32N4O2/c1-3-26-16-9-7-15(8-10-16)23-20-22-12-17(19(21)25)18(24-20)11-13(2)14-5-4-6-14/h12-16H,3-11H2,1-2H3,(H2,21,25)(H,22,23,24)/t13-,15?,16?/m0/s1. The van der Waals surface area contributed by atoms with Crippen molar-refractivity contribution in [2.45, 2.75) is 77.4 Å². The second-order valence-electron chi connectivity index (χ2n) is 7.86. The molecule has 0 saturated heterocycles. The van der Waals surface area contributed by atoms with Crippen LogP contribution < -0.4 is 11.1 Å². The normalized spacial score (nSPS) is 24.7. The number of primary amides is 1. The van der Waals surface area contributed by atoms with Crippen LogP contribution in [0.3, 0.4) is 0 Å². The Hall–Kier alpha value is -1.69. The van der Waals surface area contributed by atoms with Crippen molar-refractivity contribution in [1.82, 2.24) is 9.97 Å². The number of nitrogens with one attached hydrogen (secondary N) is 1. The third-order valence-electron chi connectivity index (χ3n) is 6.01. The number of nitrogens with zero attached hydrogens (tertiary/aromatic N) is 2. The van der Waals surface area contributed by atoms with Gasteiger partial charge in [-0.3, -0.25) is 4.79 Å². The summed E-state index contributed by atoms with van der Waals surface area (Å²) in [6.07, 6.45) is 10.9. The largest absolute Gasteiger partial charge is 0.379 e. The lowest BCUT2D eigenvalue weighted by Crippen LogP contribution is -2.31. The molecule has 0 radical (unpaired) electrons. The molecule has 1 heterocycles. The SMILES string of the molecule is CCOC1CCC(Nc2ncc(C(N)=O)c(C[C@H](C)C3CCC3)n2)CC1. The molecule has 0 bridgehead atoms. The summed E-state index contributed by atoms with van der Waals surface area (Å²) in [6, 6.07) is 0.364. The predicted molar refractivity (Wildman–Crippen MR) is 102 cm³/mol. The van der Waals surface area contributed by atoms with Crippen molar-refractivity contribution < 1.29 is 9.53 Å². The number of carbonyl (C=O) groups excluding carboxylic acids is 1. The molecule has 0 unspecified atom stereocenters. The summed E-state index contributed by atoms with van der Waals surface area (Å²) >= 11 is 0. The molecular weight excluding hydrogens is 328 g/mol. The maximum atomic E-state index is 11.8. The predicted octanol–water partition coefficient (Wildman–Crippen LogP) is 3.31. The minimum absolute atomic E-state index is 0.364. The molecule has 2 aliphatic carbocycles. The molecule has 1 aromatic heterocycles. The van der Waals surface area contributed by atoms with Crippen molar-refractivity contribution in [2.24, 2.45) is 17.6 Å². The van der Waals surface area contributed by atoms with Gasteiger partial charge in [-0.25, -0.2) is 9.97 Å². The molecule has 26 heavy (non-hydrogen) atoms. The van der Waals surface area contributed by atoms with Crippen LogP contribution in [0.25, 0.3) is 0 Å². The van der Waals surface area contributed by atoms with Crippen LogP contribution in [-0.4, -0.2) is 34.6 Å². The molecule has 0 aliphatic heterocycles. The van der Waals surface area contributed by atoms with Crippen LogP contribution >= 0.6 is 0 Å². The van der Waals surface area contributed by atoms with Crippen molar-refractivity contribution in [3.8, 4) is 0 Å². The van der Waals surface area contributed by atoms with Crippen LogP contribution in [0.2, 0.25) is 0 Å². The van der Waals surface area contributed by atoms with Gasteiger partial charge >= 0.3 is 0 Å². The van der Waals surface area contributed by atoms with E-state index in [0.29, 0.717) is 29.6 Å². The Labute approximate surface area is 156 Å². The van der Waals surface area contributed by atoms with Gasteiger partial charge in [0.25, 0.3) is 5.91 Å². The Balaban J connectivity index is 1.64. The number of rotatable bonds is 8. The highest BCUT2D eigenvalue weighted by Gasteiger charge is 2.26. The Morgan fingerprint density at radius 1 is 1.31 bits per heavy atom. The summed E-state index contributed by atoms with van der Waals surface area (Å²) in [4.78, 5) is 20.8. The second kappa shape index (κ2) is 8.80. The van der Waals surface area contributed by atoms with E-state index in [1.165, 1.54) is 19.3 Å². The molecule has 2 aliphatic rings. The van der Waals surface area contributed by atoms with Gasteiger partial charge in [0.05, 0.1) is 17.4 Å². The van der Waals surface area contributed by atoms with Crippen molar-refractivity contribution in [2.75, 3.05) is 11.9 Å². The quantitative estimate of drug-likeness (QED) is 0.742. The second-order valence-corrected chi connectivity index (χ2v) is 7.86. The van der Waals surface area contributed by atoms with E-state index >= 15 is 0 Å². The Morgan fingerprint density at radius 2 is 2.04 bits per heavy atom. The number of carbonyl (C=O) groups is 1. The van der Waals surface area contributed by atoms with E-state index in [-0.39, 0.29) is 0 Å². The highest BCUT2D eigenvalue weighted by molar-refractivity contribution is 5.93. The summed E-state index contributed by atoms with van der Waals surface area (Å²) < 4.78 is 5.71. The molecule has 2 fully saturated rings. The summed E-state index contributed by atoms with van der Waals surface area (Å²) in [5.74, 6) is 1.44. The average Bonchev–Trinajstić information content (AvgIpc) is 2.55. The van der Waals surface area contributed by atoms with Gasteiger partial charge in [0, 0.05) is 18.8 Å². The van der Waals surface area contributed by atoms with Crippen LogP contribution in [0.1, 0.15) is 74.8 Å². The zero-order valence-electron chi connectivity index (χ0n) is 16.0. The van der Waals surface area contributed by atoms with Crippen molar-refractivity contribution in [1.29, 1.82) is 0 Å². The molecule has 1 amide bonds. The molecule has 6 heteroatoms. The number of aromatic nitrogens is 2. The molecule has 2 saturated carbocycles. The molecule has 6 nitrogen and oxygen atoms in total. The van der Waals surface area contributed by atoms with Gasteiger partial charge in [-0.05, 0) is 50.9 Å². The van der Waals surface area contributed by atoms with Gasteiger partial charge in [-0.1, -0.05) is 26.2 Å². The van der Waals surface area contributed by atoms with E-state index < -0.39 is 5.91 Å². The summed E-state index contributed by atoms with van der Waals surface area (Å²) in [7, 11) is 0. The fourth-order valence-corrected chi connectivity index (χ4v) is 4.12. The molecule has 1 atom stereocenters. The lowest BCUT2D eigenvalue weighted by molar-refractivity contribution is 0.0346. The summed E-state index contributed by atoms with van der Waals surface area (Å²) in [6.45, 7) is 5.08. The molecule has 3 N–H and O–H groups in total. The van der Waals surface area contributed by atoms with Crippen molar-refractivity contribution in [3.05, 3.63) is 17.5 Å². The molecule has 0 spiro atoms. The minimum Gasteiger partial charge on any atom is -0.379 e. The molecular formula is C20H32N4O2. The zero-order chi connectivity index (χ0) is 18.5. The monoisotopic (exact) mass is 360 g/mol. The van der Waals surface area contributed by atoms with Gasteiger partial charge in [-0.15, -0.1) is 0 Å². The maximum absolute atomic E-state index is 11.8. The van der Waals surface area contributed by atoms with Crippen LogP contribution in [0, 0.1) is 11.8 Å². The first-order chi connectivity index (χ1) is 12.6. The molecule has 3 rings (SSSR count). The number of nitrogens with two attached hydrogens (primary N) is 1. The van der Waals surface area contributed by atoms with E-state index in [4.69, 9.17) is 10.5 Å². The summed E-state index contributed by atoms with van der Waals surface area (Å²) in [5.41, 5.74) is 6.79. The van der Waals surface area contributed by atoms with Gasteiger partial charge in [0.2, 0.25) is 5.95 Å². The number of anilines is 1. The van der Waals surface area contributed by atoms with Crippen LogP contribution in [0.5, 0.6) is 0 Å². The van der Waals surface area contributed by atoms with Gasteiger partial charge in [0.15, 0.2) is 0 Å². The fraction of sp³-hybridized carbons (Fsp3) is 0.750. The van der Waals surface area contributed by atoms with E-state index in [9.17, 15) is 4.79 Å². The molecule has 0 aromatic carbocycles. The third-order valence-corrected chi connectivity index (χ3v) is 6.01. The molecule has 144 valence electrons. The average molecular weight is 361 g/mol. The van der Waals surface area contributed by atoms with E-state index in [1.807, 2.05) is 6.92 Å². The first kappa shape index (κ1) is 19.1. The zero-order valence-corrected chi connectivity index (χ0v) is 16.0. The lowest BCUT2D eigenvalue weighted by atomic mass is 9.75. The first-order valence-corrected chi connectivity index (χ1v) is 10.1. The van der Waals surface area contributed by atoms with E-state index in [2.05, 4.69) is 22.2 Å². The maximum Gasteiger partial charge on any atom is 0.252 e. The topological polar surface area (TPSA) is 90.1 Å². The fourth-order valence-electron chi connectivity index (χ4n) is 4.12. The number of ether oxygens (including phenoxy) is 1.